The standard InChI is InChI=1S/C11H23P.C2H6/c1-10(2)5-7-11(3,8-6-10)9-12-4;1-2/h12H,5-9H2,1-4H3;1-2H3. The minimum absolute atomic E-state index is 0.635. The number of rotatable bonds is 2. The van der Waals surface area contributed by atoms with Gasteiger partial charge in [-0.1, -0.05) is 34.6 Å². The highest BCUT2D eigenvalue weighted by molar-refractivity contribution is 7.37. The third-order valence-corrected chi connectivity index (χ3v) is 4.62. The van der Waals surface area contributed by atoms with E-state index in [1.807, 2.05) is 13.8 Å². The zero-order valence-electron chi connectivity index (χ0n) is 11.0. The average Bonchev–Trinajstić information content (AvgIpc) is 2.15. The second-order valence-corrected chi connectivity index (χ2v) is 6.57. The molecule has 0 bridgehead atoms. The van der Waals surface area contributed by atoms with E-state index in [1.165, 1.54) is 31.8 Å². The van der Waals surface area contributed by atoms with E-state index in [9.17, 15) is 0 Å². The molecule has 1 saturated carbocycles. The van der Waals surface area contributed by atoms with Crippen LogP contribution in [0.4, 0.5) is 0 Å². The largest absolute Gasteiger partial charge is 0.125 e. The van der Waals surface area contributed by atoms with Crippen molar-refractivity contribution < 1.29 is 0 Å². The smallest absolute Gasteiger partial charge is 0.0289 e. The Balaban J connectivity index is 0.000000791. The molecule has 0 aromatic rings. The van der Waals surface area contributed by atoms with Gasteiger partial charge in [0.05, 0.1) is 0 Å². The first kappa shape index (κ1) is 14.4. The number of hydrogen-bond donors (Lipinski definition) is 0. The van der Waals surface area contributed by atoms with E-state index in [0.29, 0.717) is 10.8 Å². The topological polar surface area (TPSA) is 0 Å². The van der Waals surface area contributed by atoms with Crippen LogP contribution in [0.5, 0.6) is 0 Å². The van der Waals surface area contributed by atoms with E-state index in [0.717, 1.165) is 8.58 Å². The van der Waals surface area contributed by atoms with Crippen molar-refractivity contribution in [2.75, 3.05) is 12.8 Å². The van der Waals surface area contributed by atoms with Gasteiger partial charge in [-0.3, -0.25) is 0 Å². The van der Waals surface area contributed by atoms with Gasteiger partial charge in [0.25, 0.3) is 0 Å². The van der Waals surface area contributed by atoms with Crippen molar-refractivity contribution in [1.82, 2.24) is 0 Å². The molecular formula is C13H29P. The first-order valence-electron chi connectivity index (χ1n) is 6.12. The lowest BCUT2D eigenvalue weighted by atomic mass is 9.67. The van der Waals surface area contributed by atoms with Gasteiger partial charge in [0, 0.05) is 0 Å². The van der Waals surface area contributed by atoms with Crippen LogP contribution in [0.2, 0.25) is 0 Å². The van der Waals surface area contributed by atoms with E-state index >= 15 is 0 Å². The van der Waals surface area contributed by atoms with Gasteiger partial charge in [0.1, 0.15) is 0 Å². The molecule has 1 unspecified atom stereocenters. The predicted molar refractivity (Wildman–Crippen MR) is 70.8 cm³/mol. The van der Waals surface area contributed by atoms with Gasteiger partial charge in [-0.15, -0.1) is 8.58 Å². The summed E-state index contributed by atoms with van der Waals surface area (Å²) in [5.41, 5.74) is 1.33. The maximum absolute atomic E-state index is 2.48. The highest BCUT2D eigenvalue weighted by atomic mass is 31.1. The van der Waals surface area contributed by atoms with Gasteiger partial charge in [0.2, 0.25) is 0 Å². The minimum atomic E-state index is 0.635. The molecule has 0 aliphatic heterocycles. The van der Waals surface area contributed by atoms with Crippen LogP contribution < -0.4 is 0 Å². The highest BCUT2D eigenvalue weighted by Gasteiger charge is 2.33. The second kappa shape index (κ2) is 6.11. The molecule has 1 heteroatoms. The SMILES string of the molecule is CC.CPCC1(C)CCC(C)(C)CC1. The van der Waals surface area contributed by atoms with Crippen molar-refractivity contribution in [3.05, 3.63) is 0 Å². The van der Waals surface area contributed by atoms with Gasteiger partial charge in [-0.25, -0.2) is 0 Å². The molecule has 1 aliphatic rings. The van der Waals surface area contributed by atoms with Crippen molar-refractivity contribution in [3.63, 3.8) is 0 Å². The van der Waals surface area contributed by atoms with Gasteiger partial charge >= 0.3 is 0 Å². The molecule has 1 rings (SSSR count). The molecule has 0 saturated heterocycles. The lowest BCUT2D eigenvalue weighted by Crippen LogP contribution is -2.30. The lowest BCUT2D eigenvalue weighted by Gasteiger charge is -2.41. The Hall–Kier alpha value is 0.430. The van der Waals surface area contributed by atoms with Crippen molar-refractivity contribution in [2.24, 2.45) is 10.8 Å². The van der Waals surface area contributed by atoms with Gasteiger partial charge in [-0.05, 0) is 49.3 Å². The molecule has 0 heterocycles. The molecule has 0 spiro atoms. The highest BCUT2D eigenvalue weighted by Crippen LogP contribution is 2.46. The Morgan fingerprint density at radius 2 is 1.36 bits per heavy atom. The van der Waals surface area contributed by atoms with E-state index in [-0.39, 0.29) is 0 Å². The van der Waals surface area contributed by atoms with E-state index in [2.05, 4.69) is 27.4 Å². The third kappa shape index (κ3) is 4.78. The van der Waals surface area contributed by atoms with E-state index in [4.69, 9.17) is 0 Å². The Kier molecular flexibility index (Phi) is 6.30. The molecule has 0 amide bonds. The zero-order chi connectivity index (χ0) is 11.2. The Morgan fingerprint density at radius 3 is 1.71 bits per heavy atom. The van der Waals surface area contributed by atoms with Gasteiger partial charge in [-0.2, -0.15) is 0 Å². The Labute approximate surface area is 93.0 Å². The summed E-state index contributed by atoms with van der Waals surface area (Å²) in [6.45, 7) is 13.7. The zero-order valence-corrected chi connectivity index (χ0v) is 12.0. The molecule has 14 heavy (non-hydrogen) atoms. The van der Waals surface area contributed by atoms with Crippen LogP contribution >= 0.6 is 8.58 Å². The quantitative estimate of drug-likeness (QED) is 0.574. The van der Waals surface area contributed by atoms with Crippen LogP contribution in [0, 0.1) is 10.8 Å². The maximum Gasteiger partial charge on any atom is -0.0289 e. The summed E-state index contributed by atoms with van der Waals surface area (Å²) >= 11 is 0. The fourth-order valence-electron chi connectivity index (χ4n) is 2.13. The first-order chi connectivity index (χ1) is 6.47. The fraction of sp³-hybridized carbons (Fsp3) is 1.00. The monoisotopic (exact) mass is 216 g/mol. The maximum atomic E-state index is 2.48. The molecule has 0 aromatic carbocycles. The summed E-state index contributed by atoms with van der Waals surface area (Å²) in [7, 11) is 1.14. The molecule has 1 aliphatic carbocycles. The summed E-state index contributed by atoms with van der Waals surface area (Å²) in [5.74, 6) is 0. The second-order valence-electron chi connectivity index (χ2n) is 5.51. The summed E-state index contributed by atoms with van der Waals surface area (Å²) in [6, 6.07) is 0. The van der Waals surface area contributed by atoms with E-state index in [1.54, 1.807) is 0 Å². The normalized spacial score (nSPS) is 24.4. The molecule has 0 radical (unpaired) electrons. The van der Waals surface area contributed by atoms with Crippen LogP contribution in [-0.2, 0) is 0 Å². The molecule has 0 N–H and O–H groups in total. The van der Waals surface area contributed by atoms with Gasteiger partial charge in [0.15, 0.2) is 0 Å². The van der Waals surface area contributed by atoms with Gasteiger partial charge < -0.3 is 0 Å². The Morgan fingerprint density at radius 1 is 0.929 bits per heavy atom. The van der Waals surface area contributed by atoms with Crippen LogP contribution in [0.1, 0.15) is 60.3 Å². The van der Waals surface area contributed by atoms with Crippen molar-refractivity contribution in [2.45, 2.75) is 60.3 Å². The van der Waals surface area contributed by atoms with E-state index < -0.39 is 0 Å². The van der Waals surface area contributed by atoms with Crippen molar-refractivity contribution in [3.8, 4) is 0 Å². The molecule has 86 valence electrons. The van der Waals surface area contributed by atoms with Crippen LogP contribution in [-0.4, -0.2) is 12.8 Å². The van der Waals surface area contributed by atoms with Crippen molar-refractivity contribution in [1.29, 1.82) is 0 Å². The summed E-state index contributed by atoms with van der Waals surface area (Å²) in [4.78, 5) is 0. The Bertz CT molecular complexity index is 139. The van der Waals surface area contributed by atoms with Crippen LogP contribution in [0.3, 0.4) is 0 Å². The molecular weight excluding hydrogens is 187 g/mol. The fourth-order valence-corrected chi connectivity index (χ4v) is 3.34. The molecule has 1 atom stereocenters. The molecule has 1 fully saturated rings. The predicted octanol–water partition coefficient (Wildman–Crippen LogP) is 4.93. The van der Waals surface area contributed by atoms with Crippen LogP contribution in [0.25, 0.3) is 0 Å². The summed E-state index contributed by atoms with van der Waals surface area (Å²) in [6.07, 6.45) is 7.26. The van der Waals surface area contributed by atoms with Crippen LogP contribution in [0.15, 0.2) is 0 Å². The molecule has 0 aromatic heterocycles. The minimum Gasteiger partial charge on any atom is -0.125 e. The summed E-state index contributed by atoms with van der Waals surface area (Å²) < 4.78 is 0. The lowest BCUT2D eigenvalue weighted by molar-refractivity contribution is 0.136. The third-order valence-electron chi connectivity index (χ3n) is 3.41. The van der Waals surface area contributed by atoms with Crippen molar-refractivity contribution >= 4 is 8.58 Å². The molecule has 0 nitrogen and oxygen atoms in total. The number of hydrogen-bond acceptors (Lipinski definition) is 0. The average molecular weight is 216 g/mol. The first-order valence-corrected chi connectivity index (χ1v) is 7.83. The summed E-state index contributed by atoms with van der Waals surface area (Å²) in [5, 5.41) is 0.